The van der Waals surface area contributed by atoms with E-state index in [1.165, 1.54) is 16.8 Å². The van der Waals surface area contributed by atoms with Gasteiger partial charge in [0, 0.05) is 19.0 Å². The number of piperidine rings is 1. The lowest BCUT2D eigenvalue weighted by molar-refractivity contribution is -0.122. The minimum absolute atomic E-state index is 0.00828. The van der Waals surface area contributed by atoms with Crippen molar-refractivity contribution < 1.29 is 4.79 Å². The van der Waals surface area contributed by atoms with E-state index in [9.17, 15) is 4.79 Å². The zero-order valence-electron chi connectivity index (χ0n) is 14.9. The van der Waals surface area contributed by atoms with Crippen molar-refractivity contribution in [2.24, 2.45) is 0 Å². The minimum atomic E-state index is 0.00828. The summed E-state index contributed by atoms with van der Waals surface area (Å²) in [4.78, 5) is 19.5. The fourth-order valence-electron chi connectivity index (χ4n) is 4.63. The highest BCUT2D eigenvalue weighted by atomic mass is 32.1. The molecule has 1 aliphatic carbocycles. The van der Waals surface area contributed by atoms with E-state index in [1.54, 1.807) is 18.4 Å². The fraction of sp³-hybridized carbons (Fsp3) is 0.500. The molecule has 1 saturated heterocycles. The maximum atomic E-state index is 12.4. The third kappa shape index (κ3) is 3.00. The van der Waals surface area contributed by atoms with Crippen LogP contribution in [0.3, 0.4) is 0 Å². The van der Waals surface area contributed by atoms with Crippen molar-refractivity contribution in [3.05, 3.63) is 51.5 Å². The van der Waals surface area contributed by atoms with Gasteiger partial charge < -0.3 is 5.32 Å². The predicted octanol–water partition coefficient (Wildman–Crippen LogP) is 3.22. The molecule has 0 bridgehead atoms. The molecule has 4 nitrogen and oxygen atoms in total. The Hall–Kier alpha value is -1.72. The van der Waals surface area contributed by atoms with Crippen molar-refractivity contribution in [1.29, 1.82) is 0 Å². The highest BCUT2D eigenvalue weighted by Crippen LogP contribution is 2.51. The van der Waals surface area contributed by atoms with Crippen LogP contribution in [0.5, 0.6) is 0 Å². The van der Waals surface area contributed by atoms with Crippen LogP contribution in [-0.2, 0) is 16.8 Å². The third-order valence-electron chi connectivity index (χ3n) is 5.93. The predicted molar refractivity (Wildman–Crippen MR) is 101 cm³/mol. The Morgan fingerprint density at radius 1 is 1.36 bits per heavy atom. The largest absolute Gasteiger partial charge is 0.359 e. The highest BCUT2D eigenvalue weighted by Gasteiger charge is 2.47. The lowest BCUT2D eigenvalue weighted by Gasteiger charge is -2.40. The molecular weight excluding hydrogens is 330 g/mol. The molecular formula is C20H25N3OS. The fourth-order valence-corrected chi connectivity index (χ4v) is 5.23. The molecule has 1 spiro atoms. The van der Waals surface area contributed by atoms with Crippen molar-refractivity contribution in [2.75, 3.05) is 20.1 Å². The lowest BCUT2D eigenvalue weighted by Crippen LogP contribution is -2.41. The number of aromatic nitrogens is 1. The number of benzene rings is 1. The van der Waals surface area contributed by atoms with Gasteiger partial charge in [-0.1, -0.05) is 24.3 Å². The van der Waals surface area contributed by atoms with E-state index in [0.29, 0.717) is 0 Å². The number of nitrogens with zero attached hydrogens (tertiary/aromatic N) is 2. The summed E-state index contributed by atoms with van der Waals surface area (Å²) in [5.74, 6) is 0.165. The van der Waals surface area contributed by atoms with E-state index in [0.717, 1.165) is 43.9 Å². The topological polar surface area (TPSA) is 45.2 Å². The first-order valence-electron chi connectivity index (χ1n) is 9.06. The maximum absolute atomic E-state index is 12.4. The van der Waals surface area contributed by atoms with Gasteiger partial charge in [-0.05, 0) is 55.8 Å². The average molecular weight is 356 g/mol. The molecule has 25 heavy (non-hydrogen) atoms. The summed E-state index contributed by atoms with van der Waals surface area (Å²) in [6.07, 6.45) is 3.21. The molecule has 0 radical (unpaired) electrons. The molecule has 1 aromatic heterocycles. The zero-order chi connectivity index (χ0) is 17.4. The highest BCUT2D eigenvalue weighted by molar-refractivity contribution is 7.09. The van der Waals surface area contributed by atoms with Crippen LogP contribution in [0.4, 0.5) is 0 Å². The average Bonchev–Trinajstić information content (AvgIpc) is 3.19. The first-order valence-corrected chi connectivity index (χ1v) is 9.94. The van der Waals surface area contributed by atoms with Crippen LogP contribution in [0.2, 0.25) is 0 Å². The van der Waals surface area contributed by atoms with Crippen molar-refractivity contribution in [3.63, 3.8) is 0 Å². The molecule has 1 aliphatic heterocycles. The molecule has 2 aromatic rings. The van der Waals surface area contributed by atoms with Crippen LogP contribution < -0.4 is 5.32 Å². The van der Waals surface area contributed by atoms with Crippen molar-refractivity contribution in [2.45, 2.75) is 44.1 Å². The number of nitrogens with one attached hydrogen (secondary N) is 1. The van der Waals surface area contributed by atoms with E-state index in [1.807, 2.05) is 0 Å². The monoisotopic (exact) mass is 355 g/mol. The molecule has 1 fully saturated rings. The van der Waals surface area contributed by atoms with E-state index in [4.69, 9.17) is 0 Å². The second kappa shape index (κ2) is 6.54. The maximum Gasteiger partial charge on any atom is 0.227 e. The number of amides is 1. The summed E-state index contributed by atoms with van der Waals surface area (Å²) in [5, 5.41) is 6.17. The van der Waals surface area contributed by atoms with E-state index in [-0.39, 0.29) is 17.2 Å². The number of likely N-dealkylation sites (N-methyl/N-ethyl adjacent to an activating group) is 1. The van der Waals surface area contributed by atoms with Gasteiger partial charge in [0.2, 0.25) is 5.91 Å². The summed E-state index contributed by atoms with van der Waals surface area (Å²) in [7, 11) is 1.74. The molecule has 5 heteroatoms. The third-order valence-corrected chi connectivity index (χ3v) is 6.75. The Morgan fingerprint density at radius 2 is 2.12 bits per heavy atom. The number of hydrogen-bond acceptors (Lipinski definition) is 4. The van der Waals surface area contributed by atoms with Crippen molar-refractivity contribution in [1.82, 2.24) is 15.2 Å². The molecule has 1 amide bonds. The second-order valence-electron chi connectivity index (χ2n) is 7.37. The van der Waals surface area contributed by atoms with Crippen LogP contribution in [-0.4, -0.2) is 35.9 Å². The number of aryl methyl sites for hydroxylation is 1. The summed E-state index contributed by atoms with van der Waals surface area (Å²) in [6.45, 7) is 5.16. The van der Waals surface area contributed by atoms with E-state index >= 15 is 0 Å². The van der Waals surface area contributed by atoms with Crippen LogP contribution >= 0.6 is 11.3 Å². The number of hydrogen-bond donors (Lipinski definition) is 1. The number of carbonyl (C=O) groups is 1. The minimum Gasteiger partial charge on any atom is -0.359 e. The molecule has 132 valence electrons. The molecule has 1 aromatic carbocycles. The van der Waals surface area contributed by atoms with Gasteiger partial charge in [-0.3, -0.25) is 9.69 Å². The molecule has 2 heterocycles. The summed E-state index contributed by atoms with van der Waals surface area (Å²) < 4.78 is 0. The molecule has 4 rings (SSSR count). The number of rotatable bonds is 3. The van der Waals surface area contributed by atoms with Crippen molar-refractivity contribution in [3.8, 4) is 0 Å². The Bertz CT molecular complexity index is 777. The molecule has 0 saturated carbocycles. The summed E-state index contributed by atoms with van der Waals surface area (Å²) >= 11 is 1.73. The Morgan fingerprint density at radius 3 is 2.80 bits per heavy atom. The van der Waals surface area contributed by atoms with Crippen LogP contribution in [0.15, 0.2) is 29.6 Å². The summed E-state index contributed by atoms with van der Waals surface area (Å²) in [6, 6.07) is 8.58. The lowest BCUT2D eigenvalue weighted by atomic mass is 9.73. The van der Waals surface area contributed by atoms with Gasteiger partial charge in [-0.15, -0.1) is 11.3 Å². The van der Waals surface area contributed by atoms with Gasteiger partial charge in [-0.25, -0.2) is 4.98 Å². The number of thiazole rings is 1. The van der Waals surface area contributed by atoms with Gasteiger partial charge in [0.05, 0.1) is 16.6 Å². The second-order valence-corrected chi connectivity index (χ2v) is 8.43. The zero-order valence-corrected chi connectivity index (χ0v) is 15.7. The number of carbonyl (C=O) groups excluding carboxylic acids is 1. The molecule has 2 aliphatic rings. The van der Waals surface area contributed by atoms with Crippen LogP contribution in [0.1, 0.15) is 47.0 Å². The molecule has 1 atom stereocenters. The smallest absolute Gasteiger partial charge is 0.227 e. The quantitative estimate of drug-likeness (QED) is 0.919. The normalized spacial score (nSPS) is 22.1. The first-order chi connectivity index (χ1) is 12.1. The molecule has 1 N–H and O–H groups in total. The van der Waals surface area contributed by atoms with E-state index < -0.39 is 0 Å². The molecule has 0 unspecified atom stereocenters. The number of likely N-dealkylation sites (tertiary alicyclic amines) is 1. The van der Waals surface area contributed by atoms with Gasteiger partial charge >= 0.3 is 0 Å². The van der Waals surface area contributed by atoms with Gasteiger partial charge in [0.1, 0.15) is 0 Å². The van der Waals surface area contributed by atoms with Gasteiger partial charge in [0.15, 0.2) is 0 Å². The van der Waals surface area contributed by atoms with Gasteiger partial charge in [0.25, 0.3) is 0 Å². The van der Waals surface area contributed by atoms with Gasteiger partial charge in [-0.2, -0.15) is 0 Å². The van der Waals surface area contributed by atoms with Crippen molar-refractivity contribution >= 4 is 17.2 Å². The first kappa shape index (κ1) is 16.7. The van der Waals surface area contributed by atoms with Crippen LogP contribution in [0.25, 0.3) is 0 Å². The van der Waals surface area contributed by atoms with E-state index in [2.05, 4.69) is 51.8 Å². The number of fused-ring (bicyclic) bond motifs is 2. The Balaban J connectivity index is 1.51. The Kier molecular flexibility index (Phi) is 4.38. The standard InChI is InChI=1S/C20H25N3OS/c1-14-22-15(13-25-14)12-23-9-7-20(8-10-23)11-17(19(24)21-2)16-5-3-4-6-18(16)20/h3-6,13,17H,7-12H2,1-2H3,(H,21,24)/t17-/m1/s1. The SMILES string of the molecule is CNC(=O)[C@@H]1CC2(CCN(Cc3csc(C)n3)CC2)c2ccccc21. The Labute approximate surface area is 153 Å². The van der Waals surface area contributed by atoms with Crippen LogP contribution in [0, 0.1) is 6.92 Å². The summed E-state index contributed by atoms with van der Waals surface area (Å²) in [5.41, 5.74) is 4.01.